The highest BCUT2D eigenvalue weighted by molar-refractivity contribution is 6.12. The van der Waals surface area contributed by atoms with Crippen LogP contribution in [-0.4, -0.2) is 11.4 Å². The summed E-state index contributed by atoms with van der Waals surface area (Å²) in [5.41, 5.74) is 5.34. The maximum absolute atomic E-state index is 8.23. The summed E-state index contributed by atoms with van der Waals surface area (Å²) in [4.78, 5) is 0. The van der Waals surface area contributed by atoms with Gasteiger partial charge in [0.2, 0.25) is 0 Å². The Morgan fingerprint density at radius 3 is 1.44 bits per heavy atom. The molecule has 0 atom stereocenters. The van der Waals surface area contributed by atoms with Crippen molar-refractivity contribution in [2.75, 3.05) is 0 Å². The maximum Gasteiger partial charge on any atom is 0.0436 e. The first-order valence-electron chi connectivity index (χ1n) is 6.07. The third-order valence-corrected chi connectivity index (χ3v) is 3.43. The van der Waals surface area contributed by atoms with Crippen LogP contribution in [-0.2, 0) is 12.8 Å². The summed E-state index contributed by atoms with van der Waals surface area (Å²) in [6.07, 6.45) is 1.31. The predicted molar refractivity (Wildman–Crippen MR) is 73.9 cm³/mol. The zero-order valence-corrected chi connectivity index (χ0v) is 10.0. The van der Waals surface area contributed by atoms with E-state index in [1.165, 1.54) is 11.1 Å². The third kappa shape index (κ3) is 1.76. The minimum Gasteiger partial charge on any atom is -0.304 e. The van der Waals surface area contributed by atoms with Gasteiger partial charge in [-0.3, -0.25) is 0 Å². The van der Waals surface area contributed by atoms with Gasteiger partial charge in [-0.1, -0.05) is 48.5 Å². The van der Waals surface area contributed by atoms with Crippen LogP contribution in [0.3, 0.4) is 0 Å². The fraction of sp³-hybridized carbons (Fsp3) is 0.125. The molecular formula is C16H14N2. The van der Waals surface area contributed by atoms with Crippen molar-refractivity contribution in [2.24, 2.45) is 0 Å². The van der Waals surface area contributed by atoms with E-state index in [4.69, 9.17) is 10.8 Å². The molecule has 2 N–H and O–H groups in total. The zero-order chi connectivity index (χ0) is 12.5. The lowest BCUT2D eigenvalue weighted by atomic mass is 9.87. The van der Waals surface area contributed by atoms with Gasteiger partial charge in [0.25, 0.3) is 0 Å². The van der Waals surface area contributed by atoms with Crippen molar-refractivity contribution in [2.45, 2.75) is 12.8 Å². The van der Waals surface area contributed by atoms with Crippen LogP contribution >= 0.6 is 0 Å². The molecule has 0 saturated carbocycles. The van der Waals surface area contributed by atoms with Gasteiger partial charge < -0.3 is 10.8 Å². The lowest BCUT2D eigenvalue weighted by molar-refractivity contribution is 1.15. The van der Waals surface area contributed by atoms with Crippen molar-refractivity contribution in [1.29, 1.82) is 10.8 Å². The molecular weight excluding hydrogens is 220 g/mol. The molecule has 18 heavy (non-hydrogen) atoms. The molecule has 0 unspecified atom stereocenters. The van der Waals surface area contributed by atoms with Gasteiger partial charge in [0.05, 0.1) is 0 Å². The van der Waals surface area contributed by atoms with Crippen LogP contribution < -0.4 is 0 Å². The summed E-state index contributed by atoms with van der Waals surface area (Å²) in [5, 5.41) is 16.5. The molecule has 1 aliphatic rings. The number of hydrogen-bond acceptors (Lipinski definition) is 2. The molecule has 0 radical (unpaired) electrons. The van der Waals surface area contributed by atoms with E-state index in [-0.39, 0.29) is 0 Å². The Hall–Kier alpha value is -2.22. The summed E-state index contributed by atoms with van der Waals surface area (Å²) in [5.74, 6) is 0. The van der Waals surface area contributed by atoms with Crippen molar-refractivity contribution < 1.29 is 0 Å². The highest BCUT2D eigenvalue weighted by Crippen LogP contribution is 2.21. The second-order valence-corrected chi connectivity index (χ2v) is 4.62. The molecule has 88 valence electrons. The van der Waals surface area contributed by atoms with Crippen LogP contribution in [0.5, 0.6) is 0 Å². The summed E-state index contributed by atoms with van der Waals surface area (Å²) in [6, 6.07) is 15.9. The van der Waals surface area contributed by atoms with Crippen molar-refractivity contribution in [3.05, 3.63) is 70.8 Å². The number of nitrogens with one attached hydrogen (secondary N) is 2. The molecule has 0 spiro atoms. The maximum atomic E-state index is 8.23. The number of rotatable bonds is 0. The number of benzene rings is 2. The minimum atomic E-state index is 0.600. The molecule has 3 rings (SSSR count). The molecule has 0 heterocycles. The average Bonchev–Trinajstić information content (AvgIpc) is 2.39. The zero-order valence-electron chi connectivity index (χ0n) is 10.0. The SMILES string of the molecule is N=C1Cc2ccccc2CC(=N)c2ccccc21. The van der Waals surface area contributed by atoms with Crippen molar-refractivity contribution in [3.8, 4) is 0 Å². The molecule has 2 heteroatoms. The van der Waals surface area contributed by atoms with Crippen LogP contribution in [0.15, 0.2) is 48.5 Å². The first-order valence-corrected chi connectivity index (χ1v) is 6.07. The first-order chi connectivity index (χ1) is 8.75. The minimum absolute atomic E-state index is 0.600. The van der Waals surface area contributed by atoms with Gasteiger partial charge in [-0.25, -0.2) is 0 Å². The van der Waals surface area contributed by atoms with E-state index in [0.717, 1.165) is 11.1 Å². The second-order valence-electron chi connectivity index (χ2n) is 4.62. The smallest absolute Gasteiger partial charge is 0.0436 e. The van der Waals surface area contributed by atoms with E-state index in [1.54, 1.807) is 0 Å². The van der Waals surface area contributed by atoms with Gasteiger partial charge in [-0.2, -0.15) is 0 Å². The Bertz CT molecular complexity index is 585. The second kappa shape index (κ2) is 4.22. The molecule has 0 bridgehead atoms. The summed E-state index contributed by atoms with van der Waals surface area (Å²) < 4.78 is 0. The van der Waals surface area contributed by atoms with Crippen LogP contribution in [0, 0.1) is 10.8 Å². The average molecular weight is 234 g/mol. The van der Waals surface area contributed by atoms with Crippen LogP contribution in [0.25, 0.3) is 0 Å². The molecule has 1 aliphatic carbocycles. The highest BCUT2D eigenvalue weighted by Gasteiger charge is 2.17. The Labute approximate surface area is 106 Å². The van der Waals surface area contributed by atoms with Gasteiger partial charge in [0.15, 0.2) is 0 Å². The van der Waals surface area contributed by atoms with Crippen molar-refractivity contribution >= 4 is 11.4 Å². The standard InChI is InChI=1S/C16H14N2/c17-15-9-11-5-1-2-6-12(11)10-16(18)14-8-4-3-7-13(14)15/h1-8,17-18H,9-10H2. The number of fused-ring (bicyclic) bond motifs is 2. The van der Waals surface area contributed by atoms with Crippen LogP contribution in [0.2, 0.25) is 0 Å². The van der Waals surface area contributed by atoms with Crippen molar-refractivity contribution in [1.82, 2.24) is 0 Å². The Morgan fingerprint density at radius 1 is 0.611 bits per heavy atom. The van der Waals surface area contributed by atoms with Gasteiger partial charge in [-0.05, 0) is 11.1 Å². The Morgan fingerprint density at radius 2 is 1.00 bits per heavy atom. The fourth-order valence-electron chi connectivity index (χ4n) is 2.48. The molecule has 2 nitrogen and oxygen atoms in total. The fourth-order valence-corrected chi connectivity index (χ4v) is 2.48. The largest absolute Gasteiger partial charge is 0.304 e. The van der Waals surface area contributed by atoms with E-state index in [0.29, 0.717) is 24.3 Å². The first kappa shape index (κ1) is 10.9. The summed E-state index contributed by atoms with van der Waals surface area (Å²) in [6.45, 7) is 0. The van der Waals surface area contributed by atoms with Crippen molar-refractivity contribution in [3.63, 3.8) is 0 Å². The summed E-state index contributed by atoms with van der Waals surface area (Å²) >= 11 is 0. The van der Waals surface area contributed by atoms with Crippen LogP contribution in [0.1, 0.15) is 22.3 Å². The third-order valence-electron chi connectivity index (χ3n) is 3.43. The molecule has 0 aliphatic heterocycles. The molecule has 2 aromatic carbocycles. The lowest BCUT2D eigenvalue weighted by Crippen LogP contribution is -2.17. The monoisotopic (exact) mass is 234 g/mol. The molecule has 2 aromatic rings. The van der Waals surface area contributed by atoms with E-state index >= 15 is 0 Å². The molecule has 0 fully saturated rings. The van der Waals surface area contributed by atoms with E-state index in [9.17, 15) is 0 Å². The lowest BCUT2D eigenvalue weighted by Gasteiger charge is -2.18. The molecule has 0 saturated heterocycles. The predicted octanol–water partition coefficient (Wildman–Crippen LogP) is 3.22. The van der Waals surface area contributed by atoms with Crippen LogP contribution in [0.4, 0.5) is 0 Å². The van der Waals surface area contributed by atoms with E-state index in [2.05, 4.69) is 12.1 Å². The highest BCUT2D eigenvalue weighted by atomic mass is 14.5. The van der Waals surface area contributed by atoms with E-state index in [1.807, 2.05) is 36.4 Å². The quantitative estimate of drug-likeness (QED) is 0.703. The summed E-state index contributed by atoms with van der Waals surface area (Å²) in [7, 11) is 0. The van der Waals surface area contributed by atoms with Gasteiger partial charge >= 0.3 is 0 Å². The van der Waals surface area contributed by atoms with Gasteiger partial charge in [-0.15, -0.1) is 0 Å². The Balaban J connectivity index is 2.16. The molecule has 0 amide bonds. The van der Waals surface area contributed by atoms with Gasteiger partial charge in [0, 0.05) is 35.4 Å². The Kier molecular flexibility index (Phi) is 2.56. The number of hydrogen-bond donors (Lipinski definition) is 2. The van der Waals surface area contributed by atoms with Gasteiger partial charge in [0.1, 0.15) is 0 Å². The normalized spacial score (nSPS) is 14.4. The topological polar surface area (TPSA) is 47.7 Å². The van der Waals surface area contributed by atoms with E-state index < -0.39 is 0 Å². The molecule has 0 aromatic heterocycles.